The summed E-state index contributed by atoms with van der Waals surface area (Å²) in [5.41, 5.74) is 1.55. The molecule has 0 N–H and O–H groups in total. The first-order chi connectivity index (χ1) is 13.4. The van der Waals surface area contributed by atoms with E-state index in [1.807, 2.05) is 0 Å². The van der Waals surface area contributed by atoms with Gasteiger partial charge in [-0.25, -0.2) is 12.8 Å². The van der Waals surface area contributed by atoms with Gasteiger partial charge in [-0.05, 0) is 36.8 Å². The lowest BCUT2D eigenvalue weighted by Crippen LogP contribution is -2.25. The first-order valence-corrected chi connectivity index (χ1v) is 10.1. The molecule has 1 aliphatic rings. The first-order valence-electron chi connectivity index (χ1n) is 8.60. The molecule has 0 unspecified atom stereocenters. The molecule has 0 spiro atoms. The van der Waals surface area contributed by atoms with Crippen LogP contribution in [0.4, 0.5) is 15.8 Å². The number of rotatable bonds is 3. The summed E-state index contributed by atoms with van der Waals surface area (Å²) in [6.45, 7) is 1.65. The minimum absolute atomic E-state index is 0.0118. The SMILES string of the molecule is Cc1ccc(N2C=C(C(=O)c3ccccc3)S(=O)(=O)c3ccccc32)cc1F. The van der Waals surface area contributed by atoms with Gasteiger partial charge in [0.05, 0.1) is 10.6 Å². The van der Waals surface area contributed by atoms with Crippen molar-refractivity contribution in [3.05, 3.63) is 101 Å². The van der Waals surface area contributed by atoms with E-state index in [2.05, 4.69) is 0 Å². The summed E-state index contributed by atoms with van der Waals surface area (Å²) >= 11 is 0. The van der Waals surface area contributed by atoms with Crippen LogP contribution in [0, 0.1) is 12.7 Å². The Morgan fingerprint density at radius 2 is 1.61 bits per heavy atom. The number of aryl methyl sites for hydroxylation is 1. The van der Waals surface area contributed by atoms with Gasteiger partial charge in [0, 0.05) is 17.5 Å². The monoisotopic (exact) mass is 393 g/mol. The fourth-order valence-corrected chi connectivity index (χ4v) is 4.66. The summed E-state index contributed by atoms with van der Waals surface area (Å²) in [6, 6.07) is 19.2. The molecule has 6 heteroatoms. The number of hydrogen-bond donors (Lipinski definition) is 0. The van der Waals surface area contributed by atoms with E-state index in [0.29, 0.717) is 16.9 Å². The molecule has 0 radical (unpaired) electrons. The Labute approximate surface area is 162 Å². The molecule has 3 aromatic carbocycles. The van der Waals surface area contributed by atoms with Gasteiger partial charge in [0.2, 0.25) is 15.6 Å². The number of benzene rings is 3. The van der Waals surface area contributed by atoms with Crippen LogP contribution >= 0.6 is 0 Å². The molecule has 0 saturated carbocycles. The molecule has 0 amide bonds. The van der Waals surface area contributed by atoms with Gasteiger partial charge in [-0.1, -0.05) is 48.5 Å². The van der Waals surface area contributed by atoms with Crippen molar-refractivity contribution in [3.63, 3.8) is 0 Å². The molecule has 1 heterocycles. The van der Waals surface area contributed by atoms with Crippen molar-refractivity contribution in [1.29, 1.82) is 0 Å². The summed E-state index contributed by atoms with van der Waals surface area (Å²) < 4.78 is 40.4. The summed E-state index contributed by atoms with van der Waals surface area (Å²) in [5.74, 6) is -1.01. The molecule has 0 atom stereocenters. The van der Waals surface area contributed by atoms with Crippen molar-refractivity contribution in [3.8, 4) is 0 Å². The van der Waals surface area contributed by atoms with Gasteiger partial charge in [-0.15, -0.1) is 0 Å². The van der Waals surface area contributed by atoms with Crippen LogP contribution in [0.5, 0.6) is 0 Å². The van der Waals surface area contributed by atoms with Crippen LogP contribution in [0.3, 0.4) is 0 Å². The number of carbonyl (C=O) groups is 1. The number of carbonyl (C=O) groups excluding carboxylic acids is 1. The van der Waals surface area contributed by atoms with Crippen LogP contribution in [0.1, 0.15) is 15.9 Å². The van der Waals surface area contributed by atoms with Gasteiger partial charge in [0.15, 0.2) is 0 Å². The second kappa shape index (κ2) is 6.73. The Hall–Kier alpha value is -3.25. The van der Waals surface area contributed by atoms with Crippen molar-refractivity contribution in [2.45, 2.75) is 11.8 Å². The van der Waals surface area contributed by atoms with Crippen molar-refractivity contribution >= 4 is 27.0 Å². The number of ketones is 1. The highest BCUT2D eigenvalue weighted by Gasteiger charge is 2.36. The average Bonchev–Trinajstić information content (AvgIpc) is 2.71. The molecule has 0 aromatic heterocycles. The number of para-hydroxylation sites is 1. The van der Waals surface area contributed by atoms with Crippen LogP contribution in [-0.4, -0.2) is 14.2 Å². The lowest BCUT2D eigenvalue weighted by molar-refractivity contribution is 0.104. The second-order valence-electron chi connectivity index (χ2n) is 6.46. The van der Waals surface area contributed by atoms with E-state index in [9.17, 15) is 17.6 Å². The van der Waals surface area contributed by atoms with Crippen molar-refractivity contribution in [1.82, 2.24) is 0 Å². The van der Waals surface area contributed by atoms with Gasteiger partial charge >= 0.3 is 0 Å². The predicted molar refractivity (Wildman–Crippen MR) is 106 cm³/mol. The predicted octanol–water partition coefficient (Wildman–Crippen LogP) is 4.78. The Balaban J connectivity index is 1.94. The molecule has 28 heavy (non-hydrogen) atoms. The zero-order chi connectivity index (χ0) is 19.9. The highest BCUT2D eigenvalue weighted by molar-refractivity contribution is 7.96. The van der Waals surface area contributed by atoms with E-state index in [4.69, 9.17) is 0 Å². The third-order valence-electron chi connectivity index (χ3n) is 4.64. The quantitative estimate of drug-likeness (QED) is 0.601. The number of sulfone groups is 1. The number of Topliss-reactive ketones (excluding diaryl/α,β-unsaturated/α-hetero) is 1. The second-order valence-corrected chi connectivity index (χ2v) is 8.35. The molecular formula is C22H16FNO3S. The summed E-state index contributed by atoms with van der Waals surface area (Å²) in [4.78, 5) is 14.2. The van der Waals surface area contributed by atoms with Crippen molar-refractivity contribution < 1.29 is 17.6 Å². The highest BCUT2D eigenvalue weighted by Crippen LogP contribution is 2.40. The molecule has 0 saturated heterocycles. The topological polar surface area (TPSA) is 54.5 Å². The Bertz CT molecular complexity index is 1220. The maximum atomic E-state index is 14.2. The summed E-state index contributed by atoms with van der Waals surface area (Å²) in [5, 5.41) is 0. The van der Waals surface area contributed by atoms with Crippen molar-refractivity contribution in [2.75, 3.05) is 4.90 Å². The minimum Gasteiger partial charge on any atom is -0.314 e. The normalized spacial score (nSPS) is 14.9. The van der Waals surface area contributed by atoms with Gasteiger partial charge in [0.25, 0.3) is 0 Å². The number of allylic oxidation sites excluding steroid dienone is 1. The number of anilines is 2. The van der Waals surface area contributed by atoms with Crippen LogP contribution < -0.4 is 4.90 Å². The Morgan fingerprint density at radius 3 is 2.32 bits per heavy atom. The average molecular weight is 393 g/mol. The largest absolute Gasteiger partial charge is 0.314 e. The number of hydrogen-bond acceptors (Lipinski definition) is 4. The number of fused-ring (bicyclic) bond motifs is 1. The van der Waals surface area contributed by atoms with E-state index in [1.165, 1.54) is 23.2 Å². The molecule has 3 aromatic rings. The Kier molecular flexibility index (Phi) is 4.35. The van der Waals surface area contributed by atoms with E-state index in [0.717, 1.165) is 0 Å². The zero-order valence-corrected chi connectivity index (χ0v) is 15.8. The molecule has 1 aliphatic heterocycles. The van der Waals surface area contributed by atoms with Crippen LogP contribution in [0.2, 0.25) is 0 Å². The molecule has 0 aliphatic carbocycles. The number of nitrogens with zero attached hydrogens (tertiary/aromatic N) is 1. The maximum absolute atomic E-state index is 14.2. The van der Waals surface area contributed by atoms with E-state index in [1.54, 1.807) is 67.6 Å². The first kappa shape index (κ1) is 18.1. The van der Waals surface area contributed by atoms with Gasteiger partial charge < -0.3 is 4.90 Å². The van der Waals surface area contributed by atoms with E-state index < -0.39 is 21.4 Å². The van der Waals surface area contributed by atoms with Crippen LogP contribution in [0.25, 0.3) is 0 Å². The third-order valence-corrected chi connectivity index (χ3v) is 6.44. The van der Waals surface area contributed by atoms with Crippen LogP contribution in [-0.2, 0) is 9.84 Å². The lowest BCUT2D eigenvalue weighted by atomic mass is 10.1. The molecule has 4 rings (SSSR count). The lowest BCUT2D eigenvalue weighted by Gasteiger charge is -2.29. The maximum Gasteiger partial charge on any atom is 0.214 e. The van der Waals surface area contributed by atoms with Crippen LogP contribution in [0.15, 0.2) is 88.8 Å². The van der Waals surface area contributed by atoms with E-state index >= 15 is 0 Å². The fraction of sp³-hybridized carbons (Fsp3) is 0.0455. The fourth-order valence-electron chi connectivity index (χ4n) is 3.12. The van der Waals surface area contributed by atoms with Gasteiger partial charge in [-0.2, -0.15) is 0 Å². The summed E-state index contributed by atoms with van der Waals surface area (Å²) in [6.07, 6.45) is 1.27. The molecule has 0 bridgehead atoms. The molecule has 0 fully saturated rings. The van der Waals surface area contributed by atoms with E-state index in [-0.39, 0.29) is 15.4 Å². The summed E-state index contributed by atoms with van der Waals surface area (Å²) in [7, 11) is -4.01. The number of halogens is 1. The minimum atomic E-state index is -4.01. The van der Waals surface area contributed by atoms with Gasteiger partial charge in [-0.3, -0.25) is 4.79 Å². The smallest absolute Gasteiger partial charge is 0.214 e. The molecule has 4 nitrogen and oxygen atoms in total. The zero-order valence-electron chi connectivity index (χ0n) is 15.0. The standard InChI is InChI=1S/C22H16FNO3S/c1-15-11-12-17(13-18(15)23)24-14-21(22(25)16-7-3-2-4-8-16)28(26,27)20-10-6-5-9-19(20)24/h2-14H,1H3. The Morgan fingerprint density at radius 1 is 0.929 bits per heavy atom. The highest BCUT2D eigenvalue weighted by atomic mass is 32.2. The van der Waals surface area contributed by atoms with Gasteiger partial charge in [0.1, 0.15) is 10.7 Å². The third kappa shape index (κ3) is 2.92. The van der Waals surface area contributed by atoms with Crippen molar-refractivity contribution in [2.24, 2.45) is 0 Å². The molecule has 140 valence electrons. The molecular weight excluding hydrogens is 377 g/mol.